The van der Waals surface area contributed by atoms with E-state index in [1.807, 2.05) is 99.6 Å². The minimum absolute atomic E-state index is 0.0231. The lowest BCUT2D eigenvalue weighted by Gasteiger charge is -2.32. The van der Waals surface area contributed by atoms with Crippen molar-refractivity contribution in [1.82, 2.24) is 10.2 Å². The normalized spacial score (nSPS) is 12.3. The Morgan fingerprint density at radius 3 is 2.18 bits per heavy atom. The summed E-state index contributed by atoms with van der Waals surface area (Å²) in [7, 11) is 1.62. The molecule has 0 unspecified atom stereocenters. The summed E-state index contributed by atoms with van der Waals surface area (Å²) >= 11 is 0. The Hall–Kier alpha value is -3.80. The van der Waals surface area contributed by atoms with Crippen molar-refractivity contribution in [2.24, 2.45) is 0 Å². The van der Waals surface area contributed by atoms with Crippen LogP contribution in [-0.4, -0.2) is 42.5 Å². The number of hydrogen-bond donors (Lipinski definition) is 1. The molecule has 0 fully saturated rings. The lowest BCUT2D eigenvalue weighted by molar-refractivity contribution is -0.141. The number of ether oxygens (including phenoxy) is 2. The van der Waals surface area contributed by atoms with Crippen molar-refractivity contribution in [2.75, 3.05) is 13.7 Å². The molecule has 0 aliphatic heterocycles. The molecular weight excluding hydrogens is 476 g/mol. The molecule has 0 spiro atoms. The molecule has 0 bridgehead atoms. The Bertz CT molecular complexity index is 1130. The molecule has 0 heterocycles. The van der Waals surface area contributed by atoms with E-state index in [9.17, 15) is 9.59 Å². The van der Waals surface area contributed by atoms with E-state index in [4.69, 9.17) is 9.47 Å². The fraction of sp³-hybridized carbons (Fsp3) is 0.375. The summed E-state index contributed by atoms with van der Waals surface area (Å²) in [5, 5.41) is 3.11. The van der Waals surface area contributed by atoms with Crippen molar-refractivity contribution in [3.05, 3.63) is 95.6 Å². The maximum absolute atomic E-state index is 13.7. The quantitative estimate of drug-likeness (QED) is 0.278. The Balaban J connectivity index is 1.77. The fourth-order valence-electron chi connectivity index (χ4n) is 4.11. The minimum atomic E-state index is -0.622. The van der Waals surface area contributed by atoms with Crippen LogP contribution in [0.1, 0.15) is 49.8 Å². The van der Waals surface area contributed by atoms with Crippen molar-refractivity contribution in [1.29, 1.82) is 0 Å². The Labute approximate surface area is 227 Å². The van der Waals surface area contributed by atoms with Gasteiger partial charge in [0.1, 0.15) is 17.5 Å². The van der Waals surface area contributed by atoms with Crippen LogP contribution in [0.15, 0.2) is 78.9 Å². The molecule has 3 aromatic rings. The van der Waals surface area contributed by atoms with Crippen LogP contribution in [0.5, 0.6) is 11.5 Å². The third-order valence-corrected chi connectivity index (χ3v) is 6.61. The topological polar surface area (TPSA) is 67.9 Å². The lowest BCUT2D eigenvalue weighted by Crippen LogP contribution is -2.52. The van der Waals surface area contributed by atoms with Gasteiger partial charge in [-0.15, -0.1) is 0 Å². The average Bonchev–Trinajstić information content (AvgIpc) is 2.94. The summed E-state index contributed by atoms with van der Waals surface area (Å²) < 4.78 is 11.0. The van der Waals surface area contributed by atoms with Crippen LogP contribution < -0.4 is 14.8 Å². The van der Waals surface area contributed by atoms with Crippen molar-refractivity contribution in [2.45, 2.75) is 65.1 Å². The van der Waals surface area contributed by atoms with Crippen molar-refractivity contribution in [3.63, 3.8) is 0 Å². The minimum Gasteiger partial charge on any atom is -0.497 e. The number of rotatable bonds is 14. The van der Waals surface area contributed by atoms with Crippen molar-refractivity contribution >= 4 is 11.8 Å². The van der Waals surface area contributed by atoms with Gasteiger partial charge in [0.2, 0.25) is 11.8 Å². The molecule has 0 radical (unpaired) electrons. The molecule has 2 atom stereocenters. The van der Waals surface area contributed by atoms with Gasteiger partial charge in [0.25, 0.3) is 0 Å². The maximum Gasteiger partial charge on any atom is 0.243 e. The number of methoxy groups -OCH3 is 1. The predicted octanol–water partition coefficient (Wildman–Crippen LogP) is 5.72. The van der Waals surface area contributed by atoms with Crippen molar-refractivity contribution in [3.8, 4) is 11.5 Å². The molecular formula is C32H40N2O4. The SMILES string of the molecule is CC[C@H](C)NC(=O)[C@H](Cc1ccccc1)N(Cc1ccc(C)cc1)C(=O)CCCOc1ccc(OC)cc1. The molecule has 3 rings (SSSR count). The van der Waals surface area contributed by atoms with Gasteiger partial charge in [-0.2, -0.15) is 0 Å². The molecule has 2 amide bonds. The van der Waals surface area contributed by atoms with E-state index in [1.54, 1.807) is 12.0 Å². The standard InChI is InChI=1S/C32H40N2O4/c1-5-25(3)33-32(36)30(22-26-10-7-6-8-11-26)34(23-27-15-13-24(2)14-16-27)31(35)12-9-21-38-29-19-17-28(37-4)18-20-29/h6-8,10-11,13-20,25,30H,5,9,12,21-23H2,1-4H3,(H,33,36)/t25-,30-/m0/s1. The molecule has 0 aliphatic rings. The molecule has 1 N–H and O–H groups in total. The van der Waals surface area contributed by atoms with Crippen LogP contribution in [0, 0.1) is 6.92 Å². The van der Waals surface area contributed by atoms with Gasteiger partial charge in [0, 0.05) is 25.4 Å². The molecule has 6 nitrogen and oxygen atoms in total. The highest BCUT2D eigenvalue weighted by molar-refractivity contribution is 5.88. The van der Waals surface area contributed by atoms with Crippen LogP contribution in [0.2, 0.25) is 0 Å². The summed E-state index contributed by atoms with van der Waals surface area (Å²) in [6.45, 7) is 6.82. The van der Waals surface area contributed by atoms with Crippen LogP contribution in [-0.2, 0) is 22.6 Å². The zero-order valence-corrected chi connectivity index (χ0v) is 23.0. The van der Waals surface area contributed by atoms with Crippen LogP contribution >= 0.6 is 0 Å². The second-order valence-corrected chi connectivity index (χ2v) is 9.66. The van der Waals surface area contributed by atoms with E-state index in [0.29, 0.717) is 26.0 Å². The third kappa shape index (κ3) is 8.94. The van der Waals surface area contributed by atoms with E-state index in [1.165, 1.54) is 0 Å². The van der Waals surface area contributed by atoms with E-state index in [0.717, 1.165) is 34.6 Å². The molecule has 0 saturated carbocycles. The summed E-state index contributed by atoms with van der Waals surface area (Å²) in [5.74, 6) is 1.30. The summed E-state index contributed by atoms with van der Waals surface area (Å²) in [6.07, 6.45) is 2.09. The summed E-state index contributed by atoms with van der Waals surface area (Å²) in [5.41, 5.74) is 3.16. The Morgan fingerprint density at radius 1 is 0.895 bits per heavy atom. The Kier molecular flexibility index (Phi) is 11.2. The number of amides is 2. The number of nitrogens with zero attached hydrogens (tertiary/aromatic N) is 1. The van der Waals surface area contributed by atoms with Crippen molar-refractivity contribution < 1.29 is 19.1 Å². The zero-order valence-electron chi connectivity index (χ0n) is 23.0. The van der Waals surface area contributed by atoms with Gasteiger partial charge in [-0.05, 0) is 62.1 Å². The van der Waals surface area contributed by atoms with E-state index < -0.39 is 6.04 Å². The average molecular weight is 517 g/mol. The summed E-state index contributed by atoms with van der Waals surface area (Å²) in [6, 6.07) is 24.8. The molecule has 0 aliphatic carbocycles. The van der Waals surface area contributed by atoms with Gasteiger partial charge < -0.3 is 19.7 Å². The first kappa shape index (κ1) is 28.8. The number of carbonyl (C=O) groups excluding carboxylic acids is 2. The number of aryl methyl sites for hydroxylation is 1. The third-order valence-electron chi connectivity index (χ3n) is 6.61. The summed E-state index contributed by atoms with van der Waals surface area (Å²) in [4.78, 5) is 28.9. The van der Waals surface area contributed by atoms with Crippen LogP contribution in [0.25, 0.3) is 0 Å². The number of nitrogens with one attached hydrogen (secondary N) is 1. The van der Waals surface area contributed by atoms with Gasteiger partial charge in [-0.1, -0.05) is 67.1 Å². The lowest BCUT2D eigenvalue weighted by atomic mass is 10.0. The highest BCUT2D eigenvalue weighted by atomic mass is 16.5. The first-order chi connectivity index (χ1) is 18.4. The first-order valence-corrected chi connectivity index (χ1v) is 13.4. The van der Waals surface area contributed by atoms with Crippen LogP contribution in [0.4, 0.5) is 0 Å². The van der Waals surface area contributed by atoms with E-state index in [-0.39, 0.29) is 24.3 Å². The fourth-order valence-corrected chi connectivity index (χ4v) is 4.11. The number of hydrogen-bond acceptors (Lipinski definition) is 4. The van der Waals surface area contributed by atoms with Gasteiger partial charge in [-0.25, -0.2) is 0 Å². The second kappa shape index (κ2) is 14.8. The smallest absolute Gasteiger partial charge is 0.243 e. The van der Waals surface area contributed by atoms with Gasteiger partial charge in [0.05, 0.1) is 13.7 Å². The zero-order chi connectivity index (χ0) is 27.3. The monoisotopic (exact) mass is 516 g/mol. The van der Waals surface area contributed by atoms with Crippen LogP contribution in [0.3, 0.4) is 0 Å². The molecule has 6 heteroatoms. The molecule has 0 aromatic heterocycles. The predicted molar refractivity (Wildman–Crippen MR) is 151 cm³/mol. The van der Waals surface area contributed by atoms with E-state index >= 15 is 0 Å². The Morgan fingerprint density at radius 2 is 1.55 bits per heavy atom. The molecule has 38 heavy (non-hydrogen) atoms. The largest absolute Gasteiger partial charge is 0.497 e. The molecule has 0 saturated heterocycles. The first-order valence-electron chi connectivity index (χ1n) is 13.4. The van der Waals surface area contributed by atoms with E-state index in [2.05, 4.69) is 5.32 Å². The highest BCUT2D eigenvalue weighted by Crippen LogP contribution is 2.19. The second-order valence-electron chi connectivity index (χ2n) is 9.66. The van der Waals surface area contributed by atoms with Gasteiger partial charge >= 0.3 is 0 Å². The maximum atomic E-state index is 13.7. The highest BCUT2D eigenvalue weighted by Gasteiger charge is 2.30. The molecule has 3 aromatic carbocycles. The van der Waals surface area contributed by atoms with Gasteiger partial charge in [-0.3, -0.25) is 9.59 Å². The molecule has 202 valence electrons. The van der Waals surface area contributed by atoms with Gasteiger partial charge in [0.15, 0.2) is 0 Å². The number of carbonyl (C=O) groups is 2. The number of benzene rings is 3.